The lowest BCUT2D eigenvalue weighted by Crippen LogP contribution is -2.46. The summed E-state index contributed by atoms with van der Waals surface area (Å²) in [5.41, 5.74) is 3.36. The van der Waals surface area contributed by atoms with Crippen LogP contribution in [-0.4, -0.2) is 75.8 Å². The Hall–Kier alpha value is -2.60. The number of nitrogens with one attached hydrogen (secondary N) is 2. The van der Waals surface area contributed by atoms with E-state index in [9.17, 15) is 13.2 Å². The number of rotatable bonds is 10. The maximum Gasteiger partial charge on any atom is 0.408 e. The van der Waals surface area contributed by atoms with E-state index in [4.69, 9.17) is 14.5 Å². The summed E-state index contributed by atoms with van der Waals surface area (Å²) in [6.07, 6.45) is -1.47. The predicted octanol–water partition coefficient (Wildman–Crippen LogP) is 6.19. The molecule has 4 heterocycles. The summed E-state index contributed by atoms with van der Waals surface area (Å²) < 4.78 is 55.9. The molecule has 11 heteroatoms. The van der Waals surface area contributed by atoms with Crippen LogP contribution in [0.3, 0.4) is 0 Å². The zero-order valence-corrected chi connectivity index (χ0v) is 25.3. The molecule has 1 aromatic carbocycles. The lowest BCUT2D eigenvalue weighted by atomic mass is 9.89. The molecular formula is C30H42F3N5O2Si. The second-order valence-electron chi connectivity index (χ2n) is 12.3. The molecule has 0 aliphatic carbocycles. The third-order valence-corrected chi connectivity index (χ3v) is 9.75. The maximum absolute atomic E-state index is 14.0. The molecule has 5 rings (SSSR count). The molecule has 0 bridgehead atoms. The summed E-state index contributed by atoms with van der Waals surface area (Å²) in [5, 5.41) is 7.00. The van der Waals surface area contributed by atoms with Crippen LogP contribution in [-0.2, 0) is 16.2 Å². The fraction of sp³-hybridized carbons (Fsp3) is 0.567. The summed E-state index contributed by atoms with van der Waals surface area (Å²) in [5.74, 6) is 0.471. The van der Waals surface area contributed by atoms with E-state index in [0.29, 0.717) is 58.2 Å². The average molecular weight is 590 g/mol. The highest BCUT2D eigenvalue weighted by Gasteiger charge is 2.44. The minimum Gasteiger partial charge on any atom is -0.378 e. The van der Waals surface area contributed by atoms with Gasteiger partial charge in [0.15, 0.2) is 0 Å². The van der Waals surface area contributed by atoms with Crippen LogP contribution in [0.4, 0.5) is 24.7 Å². The molecule has 2 fully saturated rings. The van der Waals surface area contributed by atoms with Crippen molar-refractivity contribution in [2.45, 2.75) is 57.5 Å². The number of aromatic nitrogens is 2. The quantitative estimate of drug-likeness (QED) is 0.217. The molecule has 2 aromatic heterocycles. The number of anilines is 2. The van der Waals surface area contributed by atoms with Crippen LogP contribution in [0, 0.1) is 5.92 Å². The Balaban J connectivity index is 1.44. The van der Waals surface area contributed by atoms with Crippen LogP contribution in [0.2, 0.25) is 25.7 Å². The number of morpholine rings is 1. The van der Waals surface area contributed by atoms with Crippen LogP contribution < -0.4 is 15.5 Å². The van der Waals surface area contributed by atoms with Crippen molar-refractivity contribution >= 4 is 30.5 Å². The molecule has 0 unspecified atom stereocenters. The molecule has 224 valence electrons. The number of nitrogens with zero attached hydrogens (tertiary/aromatic N) is 3. The molecule has 41 heavy (non-hydrogen) atoms. The number of halogens is 3. The molecule has 2 aliphatic heterocycles. The first kappa shape index (κ1) is 29.9. The SMILES string of the molecule is C[Si](C)(C)CCOCn1c(-c2ccc(N[C@@H](C3CCNCC3)C(F)(F)F)cc2)cc2c(N3CCOCC3)nccc21. The minimum atomic E-state index is -4.32. The van der Waals surface area contributed by atoms with Gasteiger partial charge < -0.3 is 29.6 Å². The Kier molecular flexibility index (Phi) is 9.27. The van der Waals surface area contributed by atoms with Crippen LogP contribution in [0.1, 0.15) is 12.8 Å². The predicted molar refractivity (Wildman–Crippen MR) is 161 cm³/mol. The van der Waals surface area contributed by atoms with Gasteiger partial charge in [0.05, 0.1) is 24.4 Å². The van der Waals surface area contributed by atoms with E-state index in [1.165, 1.54) is 0 Å². The zero-order valence-electron chi connectivity index (χ0n) is 24.3. The number of piperidine rings is 1. The largest absolute Gasteiger partial charge is 0.408 e. The standard InChI is InChI=1S/C30H42F3N5O2Si/c1-41(2,3)19-18-40-21-38-26-10-13-35-29(37-14-16-39-17-15-37)25(26)20-27(38)22-4-6-24(7-5-22)36-28(30(31,32)33)23-8-11-34-12-9-23/h4-7,10,13,20,23,28,34,36H,8-9,11-12,14-19,21H2,1-3H3/t28-/m0/s1. The minimum absolute atomic E-state index is 0.391. The Labute approximate surface area is 241 Å². The zero-order chi connectivity index (χ0) is 29.0. The van der Waals surface area contributed by atoms with Gasteiger partial charge in [-0.15, -0.1) is 0 Å². The lowest BCUT2D eigenvalue weighted by molar-refractivity contribution is -0.155. The van der Waals surface area contributed by atoms with Crippen molar-refractivity contribution in [1.82, 2.24) is 14.9 Å². The Morgan fingerprint density at radius 3 is 2.46 bits per heavy atom. The van der Waals surface area contributed by atoms with Gasteiger partial charge in [0.25, 0.3) is 0 Å². The first-order chi connectivity index (χ1) is 19.6. The van der Waals surface area contributed by atoms with Crippen LogP contribution in [0.15, 0.2) is 42.6 Å². The van der Waals surface area contributed by atoms with Gasteiger partial charge >= 0.3 is 6.18 Å². The number of benzene rings is 1. The van der Waals surface area contributed by atoms with Crippen molar-refractivity contribution in [3.05, 3.63) is 42.6 Å². The number of ether oxygens (including phenoxy) is 2. The van der Waals surface area contributed by atoms with Crippen LogP contribution in [0.25, 0.3) is 22.2 Å². The van der Waals surface area contributed by atoms with E-state index < -0.39 is 26.2 Å². The summed E-state index contributed by atoms with van der Waals surface area (Å²) in [6, 6.07) is 10.9. The van der Waals surface area contributed by atoms with E-state index in [1.807, 2.05) is 24.4 Å². The smallest absolute Gasteiger partial charge is 0.378 e. The van der Waals surface area contributed by atoms with Crippen molar-refractivity contribution < 1.29 is 22.6 Å². The third kappa shape index (κ3) is 7.43. The normalized spacial score (nSPS) is 18.1. The Morgan fingerprint density at radius 1 is 1.10 bits per heavy atom. The van der Waals surface area contributed by atoms with Gasteiger partial charge in [-0.1, -0.05) is 31.8 Å². The van der Waals surface area contributed by atoms with Crippen molar-refractivity contribution in [2.75, 3.05) is 56.2 Å². The number of hydrogen-bond donors (Lipinski definition) is 2. The first-order valence-electron chi connectivity index (χ1n) is 14.6. The summed E-state index contributed by atoms with van der Waals surface area (Å²) >= 11 is 0. The fourth-order valence-electron chi connectivity index (χ4n) is 5.67. The Morgan fingerprint density at radius 2 is 1.80 bits per heavy atom. The monoisotopic (exact) mass is 589 g/mol. The molecule has 3 aromatic rings. The molecular weight excluding hydrogens is 547 g/mol. The highest BCUT2D eigenvalue weighted by atomic mass is 28.3. The molecule has 1 atom stereocenters. The van der Waals surface area contributed by atoms with Crippen LogP contribution >= 0.6 is 0 Å². The van der Waals surface area contributed by atoms with E-state index in [0.717, 1.165) is 47.1 Å². The van der Waals surface area contributed by atoms with Crippen molar-refractivity contribution in [3.8, 4) is 11.3 Å². The molecule has 2 N–H and O–H groups in total. The molecule has 0 amide bonds. The van der Waals surface area contributed by atoms with Gasteiger partial charge in [-0.05, 0) is 67.7 Å². The fourth-order valence-corrected chi connectivity index (χ4v) is 6.43. The average Bonchev–Trinajstić information content (AvgIpc) is 3.33. The topological polar surface area (TPSA) is 63.6 Å². The third-order valence-electron chi connectivity index (χ3n) is 8.05. The maximum atomic E-state index is 14.0. The molecule has 2 saturated heterocycles. The van der Waals surface area contributed by atoms with Gasteiger partial charge in [0, 0.05) is 45.0 Å². The van der Waals surface area contributed by atoms with Gasteiger partial charge in [-0.3, -0.25) is 0 Å². The van der Waals surface area contributed by atoms with E-state index in [2.05, 4.69) is 45.8 Å². The lowest BCUT2D eigenvalue weighted by Gasteiger charge is -2.33. The van der Waals surface area contributed by atoms with E-state index >= 15 is 0 Å². The second kappa shape index (κ2) is 12.7. The molecule has 7 nitrogen and oxygen atoms in total. The van der Waals surface area contributed by atoms with Crippen molar-refractivity contribution in [2.24, 2.45) is 5.92 Å². The van der Waals surface area contributed by atoms with Gasteiger partial charge in [0.2, 0.25) is 0 Å². The van der Waals surface area contributed by atoms with Crippen molar-refractivity contribution in [3.63, 3.8) is 0 Å². The van der Waals surface area contributed by atoms with Crippen LogP contribution in [0.5, 0.6) is 0 Å². The number of pyridine rings is 1. The molecule has 0 spiro atoms. The van der Waals surface area contributed by atoms with Crippen molar-refractivity contribution in [1.29, 1.82) is 0 Å². The number of fused-ring (bicyclic) bond motifs is 1. The first-order valence-corrected chi connectivity index (χ1v) is 18.3. The van der Waals surface area contributed by atoms with Gasteiger partial charge in [-0.2, -0.15) is 13.2 Å². The molecule has 2 aliphatic rings. The van der Waals surface area contributed by atoms with Gasteiger partial charge in [-0.25, -0.2) is 4.98 Å². The van der Waals surface area contributed by atoms with Gasteiger partial charge in [0.1, 0.15) is 18.6 Å². The second-order valence-corrected chi connectivity index (χ2v) is 17.9. The summed E-state index contributed by atoms with van der Waals surface area (Å²) in [7, 11) is -1.24. The van der Waals surface area contributed by atoms with E-state index in [-0.39, 0.29) is 0 Å². The summed E-state index contributed by atoms with van der Waals surface area (Å²) in [6.45, 7) is 12.2. The van der Waals surface area contributed by atoms with E-state index in [1.54, 1.807) is 12.1 Å². The Bertz CT molecular complexity index is 1280. The number of alkyl halides is 3. The highest BCUT2D eigenvalue weighted by molar-refractivity contribution is 6.76. The summed E-state index contributed by atoms with van der Waals surface area (Å²) in [4.78, 5) is 6.97. The number of hydrogen-bond acceptors (Lipinski definition) is 6. The highest BCUT2D eigenvalue weighted by Crippen LogP contribution is 2.36. The molecule has 0 radical (unpaired) electrons. The molecule has 0 saturated carbocycles.